The Morgan fingerprint density at radius 1 is 1.30 bits per heavy atom. The molecule has 0 radical (unpaired) electrons. The van der Waals surface area contributed by atoms with Gasteiger partial charge in [0.05, 0.1) is 23.2 Å². The van der Waals surface area contributed by atoms with E-state index in [1.54, 1.807) is 34.6 Å². The Labute approximate surface area is 224 Å². The topological polar surface area (TPSA) is 87.2 Å². The quantitative estimate of drug-likeness (QED) is 0.266. The molecule has 202 valence electrons. The van der Waals surface area contributed by atoms with Gasteiger partial charge in [-0.15, -0.1) is 18.3 Å². The number of thioether (sulfide) groups is 1. The number of aliphatic hydroxyl groups excluding tert-OH is 1. The van der Waals surface area contributed by atoms with E-state index in [4.69, 9.17) is 4.74 Å². The van der Waals surface area contributed by atoms with Crippen LogP contribution >= 0.6 is 11.8 Å². The van der Waals surface area contributed by atoms with Gasteiger partial charge in [-0.1, -0.05) is 25.1 Å². The molecular weight excluding hydrogens is 488 g/mol. The SMILES string of the molecule is C=CCN(C(=O)C1N(CCCCCO)C(=O)[C@@H]2[C@@H](C(=O)OCC)[C@H]3CC(C)C12S3)c1cc(C)ccc1C. The molecule has 2 bridgehead atoms. The number of carbonyl (C=O) groups excluding carboxylic acids is 3. The van der Waals surface area contributed by atoms with Crippen LogP contribution in [0.5, 0.6) is 0 Å². The third-order valence-corrected chi connectivity index (χ3v) is 10.4. The number of amides is 2. The maximum Gasteiger partial charge on any atom is 0.310 e. The molecule has 0 saturated carbocycles. The van der Waals surface area contributed by atoms with Gasteiger partial charge in [-0.3, -0.25) is 14.4 Å². The van der Waals surface area contributed by atoms with Crippen LogP contribution < -0.4 is 4.90 Å². The predicted octanol–water partition coefficient (Wildman–Crippen LogP) is 3.89. The minimum absolute atomic E-state index is 0.0246. The van der Waals surface area contributed by atoms with Gasteiger partial charge < -0.3 is 19.6 Å². The molecule has 3 heterocycles. The summed E-state index contributed by atoms with van der Waals surface area (Å²) in [5.74, 6) is -1.54. The molecule has 6 atom stereocenters. The first kappa shape index (κ1) is 27.7. The number of likely N-dealkylation sites (tertiary alicyclic amines) is 1. The molecular formula is C29H40N2O5S. The number of carbonyl (C=O) groups is 3. The second kappa shape index (κ2) is 11.2. The molecule has 37 heavy (non-hydrogen) atoms. The average Bonchev–Trinajstić information content (AvgIpc) is 3.45. The lowest BCUT2D eigenvalue weighted by Crippen LogP contribution is -2.57. The number of esters is 1. The fourth-order valence-corrected chi connectivity index (χ4v) is 9.11. The number of hydrogen-bond acceptors (Lipinski definition) is 6. The van der Waals surface area contributed by atoms with Crippen LogP contribution in [0.2, 0.25) is 0 Å². The van der Waals surface area contributed by atoms with Crippen molar-refractivity contribution >= 4 is 35.2 Å². The van der Waals surface area contributed by atoms with Crippen molar-refractivity contribution in [1.82, 2.24) is 4.90 Å². The third kappa shape index (κ3) is 4.60. The van der Waals surface area contributed by atoms with Crippen molar-refractivity contribution < 1.29 is 24.2 Å². The van der Waals surface area contributed by atoms with Gasteiger partial charge in [0, 0.05) is 30.6 Å². The summed E-state index contributed by atoms with van der Waals surface area (Å²) in [5, 5.41) is 9.22. The number of benzene rings is 1. The molecule has 4 rings (SSSR count). The normalized spacial score (nSPS) is 29.9. The molecule has 3 aliphatic rings. The van der Waals surface area contributed by atoms with Crippen molar-refractivity contribution in [2.24, 2.45) is 17.8 Å². The summed E-state index contributed by atoms with van der Waals surface area (Å²) in [4.78, 5) is 45.4. The molecule has 1 aromatic rings. The van der Waals surface area contributed by atoms with Crippen LogP contribution in [0.15, 0.2) is 30.9 Å². The van der Waals surface area contributed by atoms with E-state index >= 15 is 0 Å². The highest BCUT2D eigenvalue weighted by molar-refractivity contribution is 8.02. The Bertz CT molecular complexity index is 1060. The lowest BCUT2D eigenvalue weighted by Gasteiger charge is -2.40. The Morgan fingerprint density at radius 3 is 2.73 bits per heavy atom. The molecule has 1 aromatic carbocycles. The summed E-state index contributed by atoms with van der Waals surface area (Å²) in [6.07, 6.45) is 4.61. The van der Waals surface area contributed by atoms with Crippen LogP contribution in [-0.4, -0.2) is 70.1 Å². The van der Waals surface area contributed by atoms with Crippen molar-refractivity contribution in [3.05, 3.63) is 42.0 Å². The molecule has 0 aliphatic carbocycles. The summed E-state index contributed by atoms with van der Waals surface area (Å²) in [6.45, 7) is 12.9. The van der Waals surface area contributed by atoms with Gasteiger partial charge in [-0.25, -0.2) is 0 Å². The fourth-order valence-electron chi connectivity index (χ4n) is 6.71. The molecule has 8 heteroatoms. The Morgan fingerprint density at radius 2 is 2.05 bits per heavy atom. The minimum atomic E-state index is -0.677. The van der Waals surface area contributed by atoms with Gasteiger partial charge in [-0.2, -0.15) is 0 Å². The van der Waals surface area contributed by atoms with Gasteiger partial charge in [0.1, 0.15) is 6.04 Å². The number of hydrogen-bond donors (Lipinski definition) is 1. The van der Waals surface area contributed by atoms with E-state index in [9.17, 15) is 19.5 Å². The van der Waals surface area contributed by atoms with Crippen molar-refractivity contribution in [2.75, 3.05) is 31.2 Å². The molecule has 0 aromatic heterocycles. The van der Waals surface area contributed by atoms with E-state index in [0.29, 0.717) is 25.9 Å². The first-order chi connectivity index (χ1) is 17.7. The van der Waals surface area contributed by atoms with E-state index in [1.807, 2.05) is 32.0 Å². The average molecular weight is 529 g/mol. The van der Waals surface area contributed by atoms with Crippen LogP contribution in [0.3, 0.4) is 0 Å². The molecule has 3 fully saturated rings. The van der Waals surface area contributed by atoms with Crippen LogP contribution in [0.4, 0.5) is 5.69 Å². The largest absolute Gasteiger partial charge is 0.466 e. The number of nitrogens with zero attached hydrogens (tertiary/aromatic N) is 2. The number of aliphatic hydroxyl groups is 1. The first-order valence-electron chi connectivity index (χ1n) is 13.5. The summed E-state index contributed by atoms with van der Waals surface area (Å²) >= 11 is 1.67. The van der Waals surface area contributed by atoms with Crippen molar-refractivity contribution in [1.29, 1.82) is 0 Å². The monoisotopic (exact) mass is 528 g/mol. The van der Waals surface area contributed by atoms with E-state index < -0.39 is 22.6 Å². The molecule has 3 aliphatic heterocycles. The molecule has 7 nitrogen and oxygen atoms in total. The number of rotatable bonds is 11. The summed E-state index contributed by atoms with van der Waals surface area (Å²) in [7, 11) is 0. The molecule has 3 saturated heterocycles. The maximum atomic E-state index is 14.6. The third-order valence-electron chi connectivity index (χ3n) is 8.33. The lowest BCUT2D eigenvalue weighted by atomic mass is 9.66. The number of anilines is 1. The van der Waals surface area contributed by atoms with Crippen LogP contribution in [0.25, 0.3) is 0 Å². The Kier molecular flexibility index (Phi) is 8.38. The number of aryl methyl sites for hydroxylation is 2. The second-order valence-corrected chi connectivity index (χ2v) is 12.2. The van der Waals surface area contributed by atoms with Crippen molar-refractivity contribution in [3.63, 3.8) is 0 Å². The minimum Gasteiger partial charge on any atom is -0.466 e. The zero-order valence-corrected chi connectivity index (χ0v) is 23.3. The van der Waals surface area contributed by atoms with Gasteiger partial charge in [0.15, 0.2) is 0 Å². The lowest BCUT2D eigenvalue weighted by molar-refractivity contribution is -0.154. The smallest absolute Gasteiger partial charge is 0.310 e. The van der Waals surface area contributed by atoms with E-state index in [0.717, 1.165) is 29.7 Å². The summed E-state index contributed by atoms with van der Waals surface area (Å²) < 4.78 is 4.76. The number of unbranched alkanes of at least 4 members (excludes halogenated alkanes) is 2. The molecule has 1 N–H and O–H groups in total. The highest BCUT2D eigenvalue weighted by Crippen LogP contribution is 2.68. The van der Waals surface area contributed by atoms with Gasteiger partial charge >= 0.3 is 5.97 Å². The first-order valence-corrected chi connectivity index (χ1v) is 14.4. The van der Waals surface area contributed by atoms with Gasteiger partial charge in [-0.05, 0) is 69.6 Å². The van der Waals surface area contributed by atoms with Crippen LogP contribution in [0, 0.1) is 31.6 Å². The summed E-state index contributed by atoms with van der Waals surface area (Å²) in [5.41, 5.74) is 2.85. The van der Waals surface area contributed by atoms with Crippen molar-refractivity contribution in [2.45, 2.75) is 69.4 Å². The Balaban J connectivity index is 1.79. The molecule has 2 amide bonds. The van der Waals surface area contributed by atoms with Crippen molar-refractivity contribution in [3.8, 4) is 0 Å². The van der Waals surface area contributed by atoms with Gasteiger partial charge in [0.2, 0.25) is 5.91 Å². The highest BCUT2D eigenvalue weighted by Gasteiger charge is 2.76. The van der Waals surface area contributed by atoms with Crippen LogP contribution in [0.1, 0.15) is 50.7 Å². The highest BCUT2D eigenvalue weighted by atomic mass is 32.2. The molecule has 3 unspecified atom stereocenters. The zero-order chi connectivity index (χ0) is 26.9. The summed E-state index contributed by atoms with van der Waals surface area (Å²) in [6, 6.07) is 5.37. The second-order valence-electron chi connectivity index (χ2n) is 10.6. The van der Waals surface area contributed by atoms with E-state index in [2.05, 4.69) is 13.5 Å². The Hall–Kier alpha value is -2.32. The fraction of sp³-hybridized carbons (Fsp3) is 0.621. The van der Waals surface area contributed by atoms with Crippen LogP contribution in [-0.2, 0) is 19.1 Å². The maximum absolute atomic E-state index is 14.6. The van der Waals surface area contributed by atoms with E-state index in [-0.39, 0.29) is 42.2 Å². The van der Waals surface area contributed by atoms with Gasteiger partial charge in [0.25, 0.3) is 5.91 Å². The number of fused-ring (bicyclic) bond motifs is 1. The predicted molar refractivity (Wildman–Crippen MR) is 146 cm³/mol. The number of ether oxygens (including phenoxy) is 1. The van der Waals surface area contributed by atoms with E-state index in [1.165, 1.54) is 0 Å². The standard InChI is InChI=1S/C29H40N2O5S/c1-6-13-30(21-16-18(3)11-12-19(21)4)27(34)25-29-20(5)17-22(37-29)23(28(35)36-7-2)24(29)26(33)31(25)14-9-8-10-15-32/h6,11-12,16,20,22-25,32H,1,7-10,13-15,17H2,2-5H3/t20?,22-,23+,24+,25?,29?/m1/s1. The molecule has 1 spiro atoms. The zero-order valence-electron chi connectivity index (χ0n) is 22.4.